The number of methoxy groups -OCH3 is 2. The Bertz CT molecular complexity index is 866. The van der Waals surface area contributed by atoms with E-state index in [1.165, 1.54) is 0 Å². The van der Waals surface area contributed by atoms with E-state index in [9.17, 15) is 18.0 Å². The minimum atomic E-state index is -3.02. The standard InChI is InChI=1S/C15H11Cl2F3N2O4/c1-24-12-5(13(19)20)3-6(18)9(11(12)17)8-4-7(21)10(16)14(22-8)26-15(23)25-2/h3-4,13H,1-2H3,(H2,21,22). The summed E-state index contributed by atoms with van der Waals surface area (Å²) in [5.74, 6) is -2.01. The van der Waals surface area contributed by atoms with Gasteiger partial charge in [-0.2, -0.15) is 0 Å². The minimum absolute atomic E-state index is 0.122. The van der Waals surface area contributed by atoms with E-state index in [-0.39, 0.29) is 22.0 Å². The first kappa shape index (κ1) is 19.9. The molecule has 0 spiro atoms. The van der Waals surface area contributed by atoms with Crippen LogP contribution in [0.15, 0.2) is 12.1 Å². The zero-order valence-electron chi connectivity index (χ0n) is 13.3. The second-order valence-electron chi connectivity index (χ2n) is 4.74. The number of aromatic nitrogens is 1. The molecule has 0 unspecified atom stereocenters. The van der Waals surface area contributed by atoms with Gasteiger partial charge in [0.05, 0.1) is 41.8 Å². The van der Waals surface area contributed by atoms with Gasteiger partial charge in [0.25, 0.3) is 6.43 Å². The summed E-state index contributed by atoms with van der Waals surface area (Å²) in [5, 5.41) is -0.687. The van der Waals surface area contributed by atoms with Crippen LogP contribution >= 0.6 is 23.2 Å². The monoisotopic (exact) mass is 410 g/mol. The molecule has 2 aromatic rings. The van der Waals surface area contributed by atoms with E-state index in [1.54, 1.807) is 0 Å². The average Bonchev–Trinajstić information content (AvgIpc) is 2.58. The van der Waals surface area contributed by atoms with Crippen molar-refractivity contribution in [3.05, 3.63) is 33.6 Å². The first-order valence-electron chi connectivity index (χ1n) is 6.77. The first-order valence-corrected chi connectivity index (χ1v) is 7.53. The molecule has 0 saturated carbocycles. The van der Waals surface area contributed by atoms with Gasteiger partial charge in [-0.3, -0.25) is 0 Å². The summed E-state index contributed by atoms with van der Waals surface area (Å²) < 4.78 is 54.4. The lowest BCUT2D eigenvalue weighted by atomic mass is 10.1. The molecular weight excluding hydrogens is 400 g/mol. The lowest BCUT2D eigenvalue weighted by Crippen LogP contribution is -2.10. The molecule has 0 saturated heterocycles. The maximum atomic E-state index is 14.4. The van der Waals surface area contributed by atoms with Crippen molar-refractivity contribution in [2.24, 2.45) is 0 Å². The van der Waals surface area contributed by atoms with Crippen LogP contribution < -0.4 is 15.2 Å². The summed E-state index contributed by atoms with van der Waals surface area (Å²) in [6.07, 6.45) is -4.17. The first-order chi connectivity index (χ1) is 12.2. The van der Waals surface area contributed by atoms with E-state index in [2.05, 4.69) is 9.72 Å². The van der Waals surface area contributed by atoms with Crippen LogP contribution in [0.1, 0.15) is 12.0 Å². The molecule has 0 atom stereocenters. The molecule has 11 heteroatoms. The molecule has 0 fully saturated rings. The van der Waals surface area contributed by atoms with Crippen LogP contribution in [0, 0.1) is 5.82 Å². The van der Waals surface area contributed by atoms with Gasteiger partial charge in [0.2, 0.25) is 5.88 Å². The summed E-state index contributed by atoms with van der Waals surface area (Å²) in [6, 6.07) is 1.70. The van der Waals surface area contributed by atoms with E-state index < -0.39 is 40.6 Å². The van der Waals surface area contributed by atoms with Crippen molar-refractivity contribution >= 4 is 35.0 Å². The van der Waals surface area contributed by atoms with Crippen molar-refractivity contribution in [3.8, 4) is 22.9 Å². The topological polar surface area (TPSA) is 83.7 Å². The Morgan fingerprint density at radius 2 is 1.88 bits per heavy atom. The van der Waals surface area contributed by atoms with E-state index >= 15 is 0 Å². The van der Waals surface area contributed by atoms with E-state index in [4.69, 9.17) is 38.4 Å². The molecule has 0 bridgehead atoms. The van der Waals surface area contributed by atoms with Crippen LogP contribution in [0.4, 0.5) is 23.7 Å². The summed E-state index contributed by atoms with van der Waals surface area (Å²) in [6.45, 7) is 0. The number of rotatable bonds is 4. The Morgan fingerprint density at radius 3 is 2.42 bits per heavy atom. The molecule has 0 radical (unpaired) electrons. The van der Waals surface area contributed by atoms with Crippen LogP contribution in [-0.2, 0) is 4.74 Å². The van der Waals surface area contributed by atoms with Crippen molar-refractivity contribution in [2.45, 2.75) is 6.43 Å². The van der Waals surface area contributed by atoms with Gasteiger partial charge in [-0.1, -0.05) is 23.2 Å². The zero-order chi connectivity index (χ0) is 19.6. The highest BCUT2D eigenvalue weighted by Gasteiger charge is 2.26. The SMILES string of the molecule is COC(=O)Oc1nc(-c2c(F)cc(C(F)F)c(OC)c2Cl)cc(N)c1Cl. The predicted molar refractivity (Wildman–Crippen MR) is 88.6 cm³/mol. The van der Waals surface area contributed by atoms with Crippen molar-refractivity contribution < 1.29 is 32.2 Å². The third kappa shape index (κ3) is 3.73. The number of alkyl halides is 2. The van der Waals surface area contributed by atoms with Gasteiger partial charge in [0.1, 0.15) is 16.6 Å². The molecule has 140 valence electrons. The number of nitrogen functional groups attached to an aromatic ring is 1. The van der Waals surface area contributed by atoms with Gasteiger partial charge in [-0.25, -0.2) is 22.9 Å². The fourth-order valence-electron chi connectivity index (χ4n) is 2.06. The van der Waals surface area contributed by atoms with E-state index in [0.29, 0.717) is 6.07 Å². The molecule has 0 aliphatic carbocycles. The van der Waals surface area contributed by atoms with Gasteiger partial charge in [0.15, 0.2) is 0 Å². The van der Waals surface area contributed by atoms with Crippen LogP contribution in [-0.4, -0.2) is 25.4 Å². The Hall–Kier alpha value is -2.39. The number of ether oxygens (including phenoxy) is 3. The highest BCUT2D eigenvalue weighted by Crippen LogP contribution is 2.44. The normalized spacial score (nSPS) is 10.8. The number of carbonyl (C=O) groups is 1. The van der Waals surface area contributed by atoms with Crippen molar-refractivity contribution in [2.75, 3.05) is 20.0 Å². The molecule has 0 amide bonds. The number of anilines is 1. The summed E-state index contributed by atoms with van der Waals surface area (Å²) in [5.41, 5.74) is 4.25. The number of hydrogen-bond acceptors (Lipinski definition) is 6. The maximum Gasteiger partial charge on any atom is 0.514 e. The number of halogens is 5. The summed E-state index contributed by atoms with van der Waals surface area (Å²) in [7, 11) is 2.15. The second-order valence-corrected chi connectivity index (χ2v) is 5.50. The van der Waals surface area contributed by atoms with Gasteiger partial charge >= 0.3 is 6.16 Å². The maximum absolute atomic E-state index is 14.4. The largest absolute Gasteiger partial charge is 0.514 e. The van der Waals surface area contributed by atoms with Crippen LogP contribution in [0.2, 0.25) is 10.0 Å². The van der Waals surface area contributed by atoms with Crippen LogP contribution in [0.25, 0.3) is 11.3 Å². The number of nitrogens with zero attached hydrogens (tertiary/aromatic N) is 1. The molecule has 1 heterocycles. The van der Waals surface area contributed by atoms with Crippen molar-refractivity contribution in [3.63, 3.8) is 0 Å². The second kappa shape index (κ2) is 7.88. The summed E-state index contributed by atoms with van der Waals surface area (Å²) >= 11 is 11.9. The highest BCUT2D eigenvalue weighted by atomic mass is 35.5. The van der Waals surface area contributed by atoms with E-state index in [0.717, 1.165) is 20.3 Å². The molecule has 2 rings (SSSR count). The highest BCUT2D eigenvalue weighted by molar-refractivity contribution is 6.35. The average molecular weight is 411 g/mol. The fourth-order valence-corrected chi connectivity index (χ4v) is 2.57. The van der Waals surface area contributed by atoms with E-state index in [1.807, 2.05) is 0 Å². The Balaban J connectivity index is 2.70. The van der Waals surface area contributed by atoms with Gasteiger partial charge in [-0.05, 0) is 12.1 Å². The smallest absolute Gasteiger partial charge is 0.495 e. The number of carbonyl (C=O) groups excluding carboxylic acids is 1. The number of nitrogens with two attached hydrogens (primary N) is 1. The third-order valence-electron chi connectivity index (χ3n) is 3.20. The molecule has 1 aromatic carbocycles. The number of pyridine rings is 1. The lowest BCUT2D eigenvalue weighted by molar-refractivity contribution is 0.120. The molecular formula is C15H11Cl2F3N2O4. The van der Waals surface area contributed by atoms with Crippen LogP contribution in [0.5, 0.6) is 11.6 Å². The third-order valence-corrected chi connectivity index (χ3v) is 3.94. The lowest BCUT2D eigenvalue weighted by Gasteiger charge is -2.15. The van der Waals surface area contributed by atoms with Gasteiger partial charge in [0, 0.05) is 0 Å². The van der Waals surface area contributed by atoms with Crippen molar-refractivity contribution in [1.82, 2.24) is 4.98 Å². The Morgan fingerprint density at radius 1 is 1.23 bits per heavy atom. The molecule has 26 heavy (non-hydrogen) atoms. The van der Waals surface area contributed by atoms with Crippen molar-refractivity contribution in [1.29, 1.82) is 0 Å². The molecule has 2 N–H and O–H groups in total. The quantitative estimate of drug-likeness (QED) is 0.723. The molecule has 0 aliphatic heterocycles. The Kier molecular flexibility index (Phi) is 6.04. The summed E-state index contributed by atoms with van der Waals surface area (Å²) in [4.78, 5) is 15.1. The molecule has 6 nitrogen and oxygen atoms in total. The number of hydrogen-bond donors (Lipinski definition) is 1. The number of benzene rings is 1. The fraction of sp³-hybridized carbons (Fsp3) is 0.200. The van der Waals surface area contributed by atoms with Crippen LogP contribution in [0.3, 0.4) is 0 Å². The zero-order valence-corrected chi connectivity index (χ0v) is 14.8. The Labute approximate surface area is 155 Å². The molecule has 1 aromatic heterocycles. The minimum Gasteiger partial charge on any atom is -0.495 e. The predicted octanol–water partition coefficient (Wildman–Crippen LogP) is 4.87. The van der Waals surface area contributed by atoms with Gasteiger partial charge < -0.3 is 19.9 Å². The van der Waals surface area contributed by atoms with Gasteiger partial charge in [-0.15, -0.1) is 0 Å². The molecule has 0 aliphatic rings.